The molecular weight excluding hydrogens is 228 g/mol. The molecule has 1 heterocycles. The second kappa shape index (κ2) is 6.00. The van der Waals surface area contributed by atoms with Gasteiger partial charge in [-0.1, -0.05) is 6.92 Å². The highest BCUT2D eigenvalue weighted by Crippen LogP contribution is 2.38. The van der Waals surface area contributed by atoms with Crippen LogP contribution in [0.25, 0.3) is 0 Å². The van der Waals surface area contributed by atoms with Gasteiger partial charge in [-0.3, -0.25) is 0 Å². The first-order valence-corrected chi connectivity index (χ1v) is 6.73. The quantitative estimate of drug-likeness (QED) is 0.690. The topological polar surface area (TPSA) is 70.1 Å². The minimum atomic E-state index is -0.378. The molecule has 0 aromatic carbocycles. The van der Waals surface area contributed by atoms with Crippen LogP contribution in [0.15, 0.2) is 6.07 Å². The van der Waals surface area contributed by atoms with Crippen molar-refractivity contribution in [3.8, 4) is 0 Å². The summed E-state index contributed by atoms with van der Waals surface area (Å²) in [5, 5.41) is 15.7. The van der Waals surface area contributed by atoms with E-state index in [0.29, 0.717) is 12.5 Å². The highest BCUT2D eigenvalue weighted by Gasteiger charge is 2.27. The molecule has 0 bridgehead atoms. The van der Waals surface area contributed by atoms with Gasteiger partial charge in [0.25, 0.3) is 0 Å². The van der Waals surface area contributed by atoms with Crippen molar-refractivity contribution < 1.29 is 5.11 Å². The van der Waals surface area contributed by atoms with Gasteiger partial charge in [0.05, 0.1) is 6.10 Å². The van der Waals surface area contributed by atoms with Crippen molar-refractivity contribution in [2.75, 3.05) is 23.7 Å². The van der Waals surface area contributed by atoms with E-state index in [2.05, 4.69) is 27.5 Å². The lowest BCUT2D eigenvalue weighted by Crippen LogP contribution is -2.17. The summed E-state index contributed by atoms with van der Waals surface area (Å²) >= 11 is 0. The number of nitrogens with zero attached hydrogens (tertiary/aromatic N) is 2. The standard InChI is InChI=1S/C13H22N4O/c1-3-6-14-11-7-12(15-8-9(2)18)17-13(16-11)10-4-5-10/h7,9-10,18H,3-6,8H2,1-2H3,(H2,14,15,16,17). The van der Waals surface area contributed by atoms with Crippen molar-refractivity contribution in [2.45, 2.75) is 45.1 Å². The lowest BCUT2D eigenvalue weighted by molar-refractivity contribution is 0.208. The normalized spacial score (nSPS) is 16.4. The number of nitrogens with one attached hydrogen (secondary N) is 2. The zero-order chi connectivity index (χ0) is 13.0. The number of hydrogen-bond acceptors (Lipinski definition) is 5. The van der Waals surface area contributed by atoms with E-state index in [-0.39, 0.29) is 6.10 Å². The molecule has 0 aliphatic heterocycles. The van der Waals surface area contributed by atoms with Gasteiger partial charge in [0.1, 0.15) is 17.5 Å². The fraction of sp³-hybridized carbons (Fsp3) is 0.692. The van der Waals surface area contributed by atoms with Gasteiger partial charge < -0.3 is 15.7 Å². The number of rotatable bonds is 7. The minimum Gasteiger partial charge on any atom is -0.392 e. The summed E-state index contributed by atoms with van der Waals surface area (Å²) in [6.45, 7) is 5.31. The Kier molecular flexibility index (Phi) is 4.36. The van der Waals surface area contributed by atoms with Crippen LogP contribution in [-0.2, 0) is 0 Å². The molecule has 0 radical (unpaired) electrons. The van der Waals surface area contributed by atoms with E-state index >= 15 is 0 Å². The first-order chi connectivity index (χ1) is 8.69. The van der Waals surface area contributed by atoms with Gasteiger partial charge in [0, 0.05) is 25.1 Å². The van der Waals surface area contributed by atoms with Crippen molar-refractivity contribution in [3.05, 3.63) is 11.9 Å². The third-order valence-corrected chi connectivity index (χ3v) is 2.82. The van der Waals surface area contributed by atoms with E-state index in [1.807, 2.05) is 6.07 Å². The molecule has 1 aromatic rings. The molecule has 5 nitrogen and oxygen atoms in total. The maximum atomic E-state index is 9.29. The van der Waals surface area contributed by atoms with Crippen LogP contribution < -0.4 is 10.6 Å². The zero-order valence-electron chi connectivity index (χ0n) is 11.1. The molecule has 0 saturated heterocycles. The molecule has 100 valence electrons. The first kappa shape index (κ1) is 13.1. The Morgan fingerprint density at radius 1 is 1.33 bits per heavy atom. The summed E-state index contributed by atoms with van der Waals surface area (Å²) in [4.78, 5) is 9.04. The lowest BCUT2D eigenvalue weighted by atomic mass is 10.3. The molecule has 1 unspecified atom stereocenters. The molecule has 1 aliphatic rings. The molecule has 2 rings (SSSR count). The number of aliphatic hydroxyl groups is 1. The van der Waals surface area contributed by atoms with Gasteiger partial charge in [-0.2, -0.15) is 0 Å². The fourth-order valence-corrected chi connectivity index (χ4v) is 1.68. The molecule has 1 fully saturated rings. The van der Waals surface area contributed by atoms with E-state index in [1.54, 1.807) is 6.92 Å². The van der Waals surface area contributed by atoms with Gasteiger partial charge in [-0.15, -0.1) is 0 Å². The third-order valence-electron chi connectivity index (χ3n) is 2.82. The zero-order valence-corrected chi connectivity index (χ0v) is 11.1. The van der Waals surface area contributed by atoms with Crippen LogP contribution in [0.5, 0.6) is 0 Å². The van der Waals surface area contributed by atoms with Crippen molar-refractivity contribution >= 4 is 11.6 Å². The third kappa shape index (κ3) is 3.84. The molecule has 3 N–H and O–H groups in total. The van der Waals surface area contributed by atoms with E-state index < -0.39 is 0 Å². The van der Waals surface area contributed by atoms with Crippen LogP contribution in [0.1, 0.15) is 44.9 Å². The molecule has 1 saturated carbocycles. The van der Waals surface area contributed by atoms with Gasteiger partial charge in [-0.05, 0) is 26.2 Å². The van der Waals surface area contributed by atoms with Crippen LogP contribution in [0.2, 0.25) is 0 Å². The maximum absolute atomic E-state index is 9.29. The van der Waals surface area contributed by atoms with Crippen LogP contribution in [-0.4, -0.2) is 34.3 Å². The Bertz CT molecular complexity index is 391. The Labute approximate surface area is 108 Å². The Balaban J connectivity index is 2.08. The fourth-order valence-electron chi connectivity index (χ4n) is 1.68. The number of hydrogen-bond donors (Lipinski definition) is 3. The smallest absolute Gasteiger partial charge is 0.136 e. The molecule has 0 spiro atoms. The summed E-state index contributed by atoms with van der Waals surface area (Å²) in [7, 11) is 0. The SMILES string of the molecule is CCCNc1cc(NCC(C)O)nc(C2CC2)n1. The molecule has 18 heavy (non-hydrogen) atoms. The van der Waals surface area contributed by atoms with Crippen molar-refractivity contribution in [1.82, 2.24) is 9.97 Å². The monoisotopic (exact) mass is 250 g/mol. The summed E-state index contributed by atoms with van der Waals surface area (Å²) in [5.74, 6) is 3.12. The van der Waals surface area contributed by atoms with Crippen molar-refractivity contribution in [3.63, 3.8) is 0 Å². The van der Waals surface area contributed by atoms with E-state index in [4.69, 9.17) is 0 Å². The van der Waals surface area contributed by atoms with Gasteiger partial charge >= 0.3 is 0 Å². The van der Waals surface area contributed by atoms with E-state index in [0.717, 1.165) is 30.4 Å². The summed E-state index contributed by atoms with van der Waals surface area (Å²) in [6, 6.07) is 1.91. The van der Waals surface area contributed by atoms with Gasteiger partial charge in [0.2, 0.25) is 0 Å². The largest absolute Gasteiger partial charge is 0.392 e. The van der Waals surface area contributed by atoms with Crippen molar-refractivity contribution in [1.29, 1.82) is 0 Å². The second-order valence-corrected chi connectivity index (χ2v) is 4.93. The van der Waals surface area contributed by atoms with Crippen LogP contribution in [0.4, 0.5) is 11.6 Å². The van der Waals surface area contributed by atoms with Crippen LogP contribution >= 0.6 is 0 Å². The van der Waals surface area contributed by atoms with Gasteiger partial charge in [0.15, 0.2) is 0 Å². The molecule has 1 atom stereocenters. The second-order valence-electron chi connectivity index (χ2n) is 4.93. The van der Waals surface area contributed by atoms with Crippen LogP contribution in [0.3, 0.4) is 0 Å². The summed E-state index contributed by atoms with van der Waals surface area (Å²) in [6.07, 6.45) is 3.07. The van der Waals surface area contributed by atoms with Crippen molar-refractivity contribution in [2.24, 2.45) is 0 Å². The highest BCUT2D eigenvalue weighted by molar-refractivity contribution is 5.48. The minimum absolute atomic E-state index is 0.378. The molecule has 0 amide bonds. The molecule has 5 heteroatoms. The Morgan fingerprint density at radius 3 is 2.56 bits per heavy atom. The Morgan fingerprint density at radius 2 is 2.00 bits per heavy atom. The lowest BCUT2D eigenvalue weighted by Gasteiger charge is -2.11. The van der Waals surface area contributed by atoms with Gasteiger partial charge in [-0.25, -0.2) is 9.97 Å². The highest BCUT2D eigenvalue weighted by atomic mass is 16.3. The molecular formula is C13H22N4O. The number of aromatic nitrogens is 2. The van der Waals surface area contributed by atoms with E-state index in [9.17, 15) is 5.11 Å². The number of aliphatic hydroxyl groups excluding tert-OH is 1. The molecule has 1 aliphatic carbocycles. The maximum Gasteiger partial charge on any atom is 0.136 e. The summed E-state index contributed by atoms with van der Waals surface area (Å²) < 4.78 is 0. The predicted molar refractivity (Wildman–Crippen MR) is 73.0 cm³/mol. The first-order valence-electron chi connectivity index (χ1n) is 6.73. The number of anilines is 2. The molecule has 1 aromatic heterocycles. The average Bonchev–Trinajstić information content (AvgIpc) is 3.18. The van der Waals surface area contributed by atoms with Crippen LogP contribution in [0, 0.1) is 0 Å². The average molecular weight is 250 g/mol. The summed E-state index contributed by atoms with van der Waals surface area (Å²) in [5.41, 5.74) is 0. The van der Waals surface area contributed by atoms with E-state index in [1.165, 1.54) is 12.8 Å². The Hall–Kier alpha value is -1.36. The predicted octanol–water partition coefficient (Wildman–Crippen LogP) is 1.97.